The van der Waals surface area contributed by atoms with Crippen LogP contribution in [0.4, 0.5) is 0 Å². The van der Waals surface area contributed by atoms with Crippen LogP contribution in [0.25, 0.3) is 6.08 Å². The maximum atomic E-state index is 10.9. The van der Waals surface area contributed by atoms with E-state index in [-0.39, 0.29) is 0 Å². The van der Waals surface area contributed by atoms with Crippen LogP contribution in [0.5, 0.6) is 17.2 Å². The summed E-state index contributed by atoms with van der Waals surface area (Å²) in [6.07, 6.45) is 6.95. The Balaban J connectivity index is 1.47. The van der Waals surface area contributed by atoms with Gasteiger partial charge >= 0.3 is 5.97 Å². The fourth-order valence-corrected chi connectivity index (χ4v) is 3.20. The van der Waals surface area contributed by atoms with Crippen LogP contribution < -0.4 is 14.2 Å². The second-order valence-electron chi connectivity index (χ2n) is 6.82. The summed E-state index contributed by atoms with van der Waals surface area (Å²) in [4.78, 5) is 10.9. The molecule has 7 nitrogen and oxygen atoms in total. The minimum absolute atomic E-state index is 0.443. The molecule has 1 aliphatic rings. The first kappa shape index (κ1) is 19.6. The number of carbonyl (C=O) groups is 1. The third-order valence-corrected chi connectivity index (χ3v) is 4.64. The van der Waals surface area contributed by atoms with Gasteiger partial charge in [0, 0.05) is 30.5 Å². The summed E-state index contributed by atoms with van der Waals surface area (Å²) in [7, 11) is 0. The minimum Gasteiger partial charge on any atom is -0.493 e. The third kappa shape index (κ3) is 5.00. The van der Waals surface area contributed by atoms with Gasteiger partial charge < -0.3 is 19.3 Å². The summed E-state index contributed by atoms with van der Waals surface area (Å²) in [5, 5.41) is 13.2. The number of carboxylic acid groups (broad SMARTS) is 1. The van der Waals surface area contributed by atoms with Gasteiger partial charge in [0.05, 0.1) is 13.2 Å². The molecule has 1 aromatic heterocycles. The molecule has 0 aliphatic carbocycles. The van der Waals surface area contributed by atoms with E-state index < -0.39 is 5.97 Å². The van der Waals surface area contributed by atoms with E-state index in [1.54, 1.807) is 12.3 Å². The summed E-state index contributed by atoms with van der Waals surface area (Å²) in [5.41, 5.74) is 2.80. The van der Waals surface area contributed by atoms with Crippen LogP contribution in [0.2, 0.25) is 0 Å². The molecule has 30 heavy (non-hydrogen) atoms. The van der Waals surface area contributed by atoms with E-state index in [9.17, 15) is 4.79 Å². The monoisotopic (exact) mass is 406 g/mol. The molecule has 0 amide bonds. The first-order valence-corrected chi connectivity index (χ1v) is 9.70. The zero-order valence-corrected chi connectivity index (χ0v) is 16.4. The van der Waals surface area contributed by atoms with Crippen LogP contribution in [0.1, 0.15) is 16.7 Å². The van der Waals surface area contributed by atoms with Gasteiger partial charge in [-0.3, -0.25) is 4.68 Å². The van der Waals surface area contributed by atoms with E-state index in [1.165, 1.54) is 0 Å². The number of hydrogen-bond donors (Lipinski definition) is 1. The number of benzene rings is 2. The number of ether oxygens (including phenoxy) is 3. The molecule has 0 atom stereocenters. The second kappa shape index (κ2) is 9.17. The van der Waals surface area contributed by atoms with Gasteiger partial charge in [-0.05, 0) is 41.5 Å². The number of nitrogens with zero attached hydrogens (tertiary/aromatic N) is 2. The van der Waals surface area contributed by atoms with Crippen molar-refractivity contribution >= 4 is 12.0 Å². The van der Waals surface area contributed by atoms with Crippen LogP contribution in [-0.4, -0.2) is 40.7 Å². The van der Waals surface area contributed by atoms with Crippen LogP contribution >= 0.6 is 0 Å². The summed E-state index contributed by atoms with van der Waals surface area (Å²) >= 11 is 0. The molecule has 0 saturated heterocycles. The number of hydrogen-bond acceptors (Lipinski definition) is 5. The van der Waals surface area contributed by atoms with E-state index in [0.717, 1.165) is 28.7 Å². The number of rotatable bonds is 8. The molecule has 0 radical (unpaired) electrons. The molecular weight excluding hydrogens is 384 g/mol. The van der Waals surface area contributed by atoms with Crippen molar-refractivity contribution < 1.29 is 24.1 Å². The molecule has 0 unspecified atom stereocenters. The highest BCUT2D eigenvalue weighted by Gasteiger charge is 2.12. The van der Waals surface area contributed by atoms with Gasteiger partial charge in [-0.15, -0.1) is 0 Å². The molecule has 7 heteroatoms. The Morgan fingerprint density at radius 2 is 1.97 bits per heavy atom. The van der Waals surface area contributed by atoms with Crippen LogP contribution in [0.3, 0.4) is 0 Å². The van der Waals surface area contributed by atoms with E-state index in [2.05, 4.69) is 5.10 Å². The first-order valence-electron chi connectivity index (χ1n) is 9.70. The molecular formula is C23H22N2O5. The molecule has 2 aromatic carbocycles. The SMILES string of the molecule is O=C(O)C=Cc1ccc(Cn2cccn2)cc1OCCc1ccc2c(c1)OCCO2. The van der Waals surface area contributed by atoms with E-state index in [1.807, 2.05) is 53.3 Å². The van der Waals surface area contributed by atoms with Gasteiger partial charge in [0.15, 0.2) is 11.5 Å². The maximum absolute atomic E-state index is 10.9. The van der Waals surface area contributed by atoms with Crippen LogP contribution in [-0.2, 0) is 17.8 Å². The Morgan fingerprint density at radius 3 is 2.77 bits per heavy atom. The number of fused-ring (bicyclic) bond motifs is 1. The Labute approximate surface area is 174 Å². The van der Waals surface area contributed by atoms with Crippen molar-refractivity contribution in [1.82, 2.24) is 9.78 Å². The average molecular weight is 406 g/mol. The Kier molecular flexibility index (Phi) is 5.98. The normalized spacial score (nSPS) is 12.8. The maximum Gasteiger partial charge on any atom is 0.328 e. The van der Waals surface area contributed by atoms with Gasteiger partial charge in [0.2, 0.25) is 0 Å². The van der Waals surface area contributed by atoms with Crippen LogP contribution in [0.15, 0.2) is 60.9 Å². The van der Waals surface area contributed by atoms with Gasteiger partial charge in [-0.25, -0.2) is 4.79 Å². The standard InChI is InChI=1S/C23H22N2O5/c26-23(27)7-5-19-4-2-18(16-25-10-1-9-24-25)15-21(19)28-11-8-17-3-6-20-22(14-17)30-13-12-29-20/h1-7,9-10,14-15H,8,11-13,16H2,(H,26,27). The van der Waals surface area contributed by atoms with E-state index in [4.69, 9.17) is 19.3 Å². The fraction of sp³-hybridized carbons (Fsp3) is 0.217. The number of aromatic nitrogens is 2. The van der Waals surface area contributed by atoms with Crippen molar-refractivity contribution in [1.29, 1.82) is 0 Å². The third-order valence-electron chi connectivity index (χ3n) is 4.64. The van der Waals surface area contributed by atoms with Crippen molar-refractivity contribution in [2.24, 2.45) is 0 Å². The number of carboxylic acids is 1. The zero-order valence-electron chi connectivity index (χ0n) is 16.4. The van der Waals surface area contributed by atoms with Crippen molar-refractivity contribution in [3.05, 3.63) is 77.6 Å². The van der Waals surface area contributed by atoms with E-state index >= 15 is 0 Å². The molecule has 0 spiro atoms. The highest BCUT2D eigenvalue weighted by molar-refractivity contribution is 5.85. The van der Waals surface area contributed by atoms with Crippen molar-refractivity contribution in [2.45, 2.75) is 13.0 Å². The largest absolute Gasteiger partial charge is 0.493 e. The van der Waals surface area contributed by atoms with Crippen molar-refractivity contribution in [2.75, 3.05) is 19.8 Å². The molecule has 154 valence electrons. The minimum atomic E-state index is -1.00. The van der Waals surface area contributed by atoms with E-state index in [0.29, 0.717) is 44.1 Å². The summed E-state index contributed by atoms with van der Waals surface area (Å²) in [6.45, 7) is 2.17. The molecule has 2 heterocycles. The smallest absolute Gasteiger partial charge is 0.328 e. The molecule has 0 bridgehead atoms. The Bertz CT molecular complexity index is 1040. The number of aliphatic carboxylic acids is 1. The quantitative estimate of drug-likeness (QED) is 0.577. The molecule has 1 aliphatic heterocycles. The van der Waals surface area contributed by atoms with Gasteiger partial charge in [-0.2, -0.15) is 5.10 Å². The second-order valence-corrected chi connectivity index (χ2v) is 6.82. The summed E-state index contributed by atoms with van der Waals surface area (Å²) in [5.74, 6) is 1.15. The molecule has 1 N–H and O–H groups in total. The zero-order chi connectivity index (χ0) is 20.8. The molecule has 0 fully saturated rings. The van der Waals surface area contributed by atoms with Gasteiger partial charge in [-0.1, -0.05) is 18.2 Å². The fourth-order valence-electron chi connectivity index (χ4n) is 3.20. The van der Waals surface area contributed by atoms with Crippen molar-refractivity contribution in [3.63, 3.8) is 0 Å². The predicted molar refractivity (Wildman–Crippen MR) is 111 cm³/mol. The summed E-state index contributed by atoms with van der Waals surface area (Å²) < 4.78 is 19.0. The Hall–Kier alpha value is -3.74. The highest BCUT2D eigenvalue weighted by Crippen LogP contribution is 2.31. The predicted octanol–water partition coefficient (Wildman–Crippen LogP) is 3.42. The average Bonchev–Trinajstić information content (AvgIpc) is 3.26. The lowest BCUT2D eigenvalue weighted by Crippen LogP contribution is -2.15. The molecule has 4 rings (SSSR count). The van der Waals surface area contributed by atoms with Crippen LogP contribution in [0, 0.1) is 0 Å². The molecule has 0 saturated carbocycles. The van der Waals surface area contributed by atoms with Crippen molar-refractivity contribution in [3.8, 4) is 17.2 Å². The highest BCUT2D eigenvalue weighted by atomic mass is 16.6. The summed E-state index contributed by atoms with van der Waals surface area (Å²) in [6, 6.07) is 13.5. The topological polar surface area (TPSA) is 82.8 Å². The Morgan fingerprint density at radius 1 is 1.13 bits per heavy atom. The first-order chi connectivity index (χ1) is 14.7. The lowest BCUT2D eigenvalue weighted by molar-refractivity contribution is -0.131. The van der Waals surface area contributed by atoms with Gasteiger partial charge in [0.1, 0.15) is 19.0 Å². The lowest BCUT2D eigenvalue weighted by atomic mass is 10.1. The molecule has 3 aromatic rings. The van der Waals surface area contributed by atoms with Gasteiger partial charge in [0.25, 0.3) is 0 Å². The lowest BCUT2D eigenvalue weighted by Gasteiger charge is -2.19.